The van der Waals surface area contributed by atoms with Gasteiger partial charge >= 0.3 is 5.97 Å². The van der Waals surface area contributed by atoms with E-state index in [-0.39, 0.29) is 11.3 Å². The summed E-state index contributed by atoms with van der Waals surface area (Å²) < 4.78 is 9.85. The van der Waals surface area contributed by atoms with Crippen LogP contribution in [0.4, 0.5) is 0 Å². The molecule has 5 heteroatoms. The molecule has 14 heavy (non-hydrogen) atoms. The van der Waals surface area contributed by atoms with E-state index in [9.17, 15) is 4.79 Å². The summed E-state index contributed by atoms with van der Waals surface area (Å²) in [4.78, 5) is 10.8. The zero-order valence-electron chi connectivity index (χ0n) is 7.70. The zero-order chi connectivity index (χ0) is 10.7. The van der Waals surface area contributed by atoms with E-state index >= 15 is 0 Å². The van der Waals surface area contributed by atoms with E-state index in [0.29, 0.717) is 10.8 Å². The van der Waals surface area contributed by atoms with Gasteiger partial charge < -0.3 is 14.6 Å². The number of rotatable bonds is 3. The molecule has 0 aliphatic rings. The molecule has 1 rings (SSSR count). The van der Waals surface area contributed by atoms with Gasteiger partial charge in [-0.05, 0) is 6.07 Å². The molecule has 1 aromatic rings. The molecule has 0 atom stereocenters. The summed E-state index contributed by atoms with van der Waals surface area (Å²) in [5, 5.41) is 9.14. The molecule has 0 amide bonds. The second kappa shape index (κ2) is 4.19. The van der Waals surface area contributed by atoms with Crippen molar-refractivity contribution < 1.29 is 19.4 Å². The Morgan fingerprint density at radius 1 is 1.36 bits per heavy atom. The summed E-state index contributed by atoms with van der Waals surface area (Å²) in [6.07, 6.45) is 0. The molecule has 0 saturated heterocycles. The Kier molecular flexibility index (Phi) is 3.19. The summed E-state index contributed by atoms with van der Waals surface area (Å²) in [6.45, 7) is 0. The normalized spacial score (nSPS) is 9.64. The van der Waals surface area contributed by atoms with Gasteiger partial charge in [0.05, 0.1) is 14.2 Å². The van der Waals surface area contributed by atoms with Gasteiger partial charge in [-0.25, -0.2) is 4.79 Å². The van der Waals surface area contributed by atoms with Gasteiger partial charge in [-0.2, -0.15) is 0 Å². The van der Waals surface area contributed by atoms with Crippen molar-refractivity contribution in [3.05, 3.63) is 22.7 Å². The van der Waals surface area contributed by atoms with Gasteiger partial charge in [-0.1, -0.05) is 11.6 Å². The van der Waals surface area contributed by atoms with Crippen molar-refractivity contribution in [1.82, 2.24) is 0 Å². The number of carbonyl (C=O) groups is 1. The van der Waals surface area contributed by atoms with Crippen molar-refractivity contribution in [2.24, 2.45) is 0 Å². The minimum atomic E-state index is -1.11. The highest BCUT2D eigenvalue weighted by molar-refractivity contribution is 6.31. The smallest absolute Gasteiger partial charge is 0.339 e. The fourth-order valence-electron chi connectivity index (χ4n) is 1.09. The van der Waals surface area contributed by atoms with Crippen molar-refractivity contribution in [2.45, 2.75) is 0 Å². The van der Waals surface area contributed by atoms with Crippen molar-refractivity contribution in [3.63, 3.8) is 0 Å². The maximum absolute atomic E-state index is 10.8. The fraction of sp³-hybridized carbons (Fsp3) is 0.222. The van der Waals surface area contributed by atoms with Crippen LogP contribution in [0.2, 0.25) is 5.02 Å². The van der Waals surface area contributed by atoms with Crippen LogP contribution in [-0.2, 0) is 0 Å². The van der Waals surface area contributed by atoms with Gasteiger partial charge in [-0.3, -0.25) is 0 Å². The van der Waals surface area contributed by atoms with Crippen molar-refractivity contribution in [3.8, 4) is 11.5 Å². The van der Waals surface area contributed by atoms with Gasteiger partial charge in [-0.15, -0.1) is 0 Å². The monoisotopic (exact) mass is 216 g/mol. The third-order valence-electron chi connectivity index (χ3n) is 1.67. The van der Waals surface area contributed by atoms with E-state index in [4.69, 9.17) is 26.2 Å². The van der Waals surface area contributed by atoms with Crippen molar-refractivity contribution in [2.75, 3.05) is 14.2 Å². The van der Waals surface area contributed by atoms with Crippen molar-refractivity contribution in [1.29, 1.82) is 0 Å². The summed E-state index contributed by atoms with van der Waals surface area (Å²) >= 11 is 5.70. The lowest BCUT2D eigenvalue weighted by atomic mass is 10.2. The topological polar surface area (TPSA) is 55.8 Å². The Bertz CT molecular complexity index is 362. The lowest BCUT2D eigenvalue weighted by Crippen LogP contribution is -2.02. The van der Waals surface area contributed by atoms with Crippen LogP contribution in [-0.4, -0.2) is 25.3 Å². The molecule has 0 saturated carbocycles. The predicted octanol–water partition coefficient (Wildman–Crippen LogP) is 2.06. The molecule has 0 unspecified atom stereocenters. The highest BCUT2D eigenvalue weighted by Crippen LogP contribution is 2.34. The molecule has 0 aromatic heterocycles. The van der Waals surface area contributed by atoms with Gasteiger partial charge in [0.2, 0.25) is 0 Å². The zero-order valence-corrected chi connectivity index (χ0v) is 8.46. The van der Waals surface area contributed by atoms with Crippen LogP contribution in [0, 0.1) is 0 Å². The second-order valence-corrected chi connectivity index (χ2v) is 2.93. The molecular weight excluding hydrogens is 208 g/mol. The number of benzene rings is 1. The minimum absolute atomic E-state index is 0.0168. The molecule has 1 aromatic carbocycles. The van der Waals surface area contributed by atoms with Crippen LogP contribution in [0.25, 0.3) is 0 Å². The van der Waals surface area contributed by atoms with Crippen molar-refractivity contribution >= 4 is 17.6 Å². The third-order valence-corrected chi connectivity index (χ3v) is 1.89. The largest absolute Gasteiger partial charge is 0.493 e. The molecule has 4 nitrogen and oxygen atoms in total. The highest BCUT2D eigenvalue weighted by atomic mass is 35.5. The first-order valence-electron chi connectivity index (χ1n) is 3.75. The van der Waals surface area contributed by atoms with Gasteiger partial charge in [0.15, 0.2) is 11.5 Å². The Balaban J connectivity index is 3.39. The Labute approximate surface area is 86.0 Å². The number of hydrogen-bond acceptors (Lipinski definition) is 3. The molecule has 1 N–H and O–H groups in total. The summed E-state index contributed by atoms with van der Waals surface area (Å²) in [5.41, 5.74) is -0.0168. The van der Waals surface area contributed by atoms with Crippen LogP contribution in [0.15, 0.2) is 12.1 Å². The van der Waals surface area contributed by atoms with Crippen LogP contribution in [0.1, 0.15) is 10.4 Å². The Morgan fingerprint density at radius 2 is 2.00 bits per heavy atom. The Hall–Kier alpha value is -1.42. The first kappa shape index (κ1) is 10.7. The van der Waals surface area contributed by atoms with Crippen LogP contribution < -0.4 is 9.47 Å². The molecular formula is C9H9ClO4. The van der Waals surface area contributed by atoms with E-state index in [1.54, 1.807) is 0 Å². The third kappa shape index (κ3) is 1.90. The molecule has 0 heterocycles. The van der Waals surface area contributed by atoms with Crippen LogP contribution in [0.5, 0.6) is 11.5 Å². The highest BCUT2D eigenvalue weighted by Gasteiger charge is 2.16. The summed E-state index contributed by atoms with van der Waals surface area (Å²) in [7, 11) is 2.79. The van der Waals surface area contributed by atoms with E-state index in [1.165, 1.54) is 26.4 Å². The molecule has 0 aliphatic heterocycles. The lowest BCUT2D eigenvalue weighted by molar-refractivity contribution is 0.0692. The maximum Gasteiger partial charge on any atom is 0.339 e. The van der Waals surface area contributed by atoms with Crippen LogP contribution >= 0.6 is 11.6 Å². The number of carboxylic acid groups (broad SMARTS) is 1. The van der Waals surface area contributed by atoms with E-state index < -0.39 is 5.97 Å². The lowest BCUT2D eigenvalue weighted by Gasteiger charge is -2.10. The van der Waals surface area contributed by atoms with Crippen LogP contribution in [0.3, 0.4) is 0 Å². The van der Waals surface area contributed by atoms with E-state index in [2.05, 4.69) is 0 Å². The molecule has 0 spiro atoms. The van der Waals surface area contributed by atoms with Gasteiger partial charge in [0.25, 0.3) is 0 Å². The molecule has 0 aliphatic carbocycles. The summed E-state index contributed by atoms with van der Waals surface area (Å²) in [6, 6.07) is 2.80. The maximum atomic E-state index is 10.8. The second-order valence-electron chi connectivity index (χ2n) is 2.49. The molecule has 76 valence electrons. The standard InChI is InChI=1S/C9H9ClO4/c1-13-7-4-5(10)3-6(9(11)12)8(7)14-2/h3-4H,1-2H3,(H,11,12). The first-order chi connectivity index (χ1) is 6.60. The number of carboxylic acids is 1. The molecule has 0 fully saturated rings. The predicted molar refractivity (Wildman–Crippen MR) is 51.5 cm³/mol. The number of aromatic carboxylic acids is 1. The quantitative estimate of drug-likeness (QED) is 0.840. The van der Waals surface area contributed by atoms with E-state index in [1.807, 2.05) is 0 Å². The summed E-state index contributed by atoms with van der Waals surface area (Å²) in [5.74, 6) is -0.635. The minimum Gasteiger partial charge on any atom is -0.493 e. The number of methoxy groups -OCH3 is 2. The fourth-order valence-corrected chi connectivity index (χ4v) is 1.30. The SMILES string of the molecule is COc1cc(Cl)cc(C(=O)O)c1OC. The van der Waals surface area contributed by atoms with E-state index in [0.717, 1.165) is 0 Å². The average molecular weight is 217 g/mol. The number of halogens is 1. The van der Waals surface area contributed by atoms with Gasteiger partial charge in [0.1, 0.15) is 5.56 Å². The number of hydrogen-bond donors (Lipinski definition) is 1. The average Bonchev–Trinajstić information content (AvgIpc) is 2.16. The van der Waals surface area contributed by atoms with Gasteiger partial charge in [0, 0.05) is 11.1 Å². The Morgan fingerprint density at radius 3 is 2.43 bits per heavy atom. The molecule has 0 radical (unpaired) electrons. The number of ether oxygens (including phenoxy) is 2. The molecule has 0 bridgehead atoms. The first-order valence-corrected chi connectivity index (χ1v) is 4.12.